The minimum absolute atomic E-state index is 0.130. The molecular formula is C16H24N2O. The molecule has 0 saturated carbocycles. The summed E-state index contributed by atoms with van der Waals surface area (Å²) < 4.78 is 3.90. The third-order valence-electron chi connectivity index (χ3n) is 3.91. The summed E-state index contributed by atoms with van der Waals surface area (Å²) in [6, 6.07) is 6.00. The highest BCUT2D eigenvalue weighted by Gasteiger charge is 2.30. The molecule has 3 heteroatoms. The minimum atomic E-state index is -0.190. The van der Waals surface area contributed by atoms with Crippen molar-refractivity contribution in [1.82, 2.24) is 9.20 Å². The fourth-order valence-corrected chi connectivity index (χ4v) is 2.54. The van der Waals surface area contributed by atoms with E-state index >= 15 is 0 Å². The lowest BCUT2D eigenvalue weighted by atomic mass is 9.87. The molecule has 0 amide bonds. The fraction of sp³-hybridized carbons (Fsp3) is 0.562. The van der Waals surface area contributed by atoms with Crippen molar-refractivity contribution >= 4 is 5.52 Å². The minimum Gasteiger partial charge on any atom is -0.267 e. The zero-order valence-corrected chi connectivity index (χ0v) is 12.8. The van der Waals surface area contributed by atoms with Crippen LogP contribution in [0.1, 0.15) is 53.5 Å². The lowest BCUT2D eigenvalue weighted by Crippen LogP contribution is -2.38. The second-order valence-electron chi connectivity index (χ2n) is 6.84. The SMILES string of the molecule is CCC(C)(C)n1c(=O)c(C(C)(C)C)c2ccccn21. The summed E-state index contributed by atoms with van der Waals surface area (Å²) in [5.41, 5.74) is 1.70. The highest BCUT2D eigenvalue weighted by atomic mass is 16.1. The number of pyridine rings is 1. The summed E-state index contributed by atoms with van der Waals surface area (Å²) in [5, 5.41) is 0. The largest absolute Gasteiger partial charge is 0.271 e. The molecule has 104 valence electrons. The van der Waals surface area contributed by atoms with E-state index < -0.39 is 0 Å². The van der Waals surface area contributed by atoms with Crippen molar-refractivity contribution in [2.45, 2.75) is 58.9 Å². The van der Waals surface area contributed by atoms with Gasteiger partial charge in [-0.25, -0.2) is 4.68 Å². The van der Waals surface area contributed by atoms with Crippen LogP contribution in [0, 0.1) is 0 Å². The Labute approximate surface area is 114 Å². The molecule has 0 N–H and O–H groups in total. The average molecular weight is 260 g/mol. The first-order valence-corrected chi connectivity index (χ1v) is 6.93. The van der Waals surface area contributed by atoms with Crippen molar-refractivity contribution in [3.63, 3.8) is 0 Å². The summed E-state index contributed by atoms with van der Waals surface area (Å²) in [4.78, 5) is 12.9. The Hall–Kier alpha value is -1.51. The van der Waals surface area contributed by atoms with Crippen molar-refractivity contribution in [1.29, 1.82) is 0 Å². The fourth-order valence-electron chi connectivity index (χ4n) is 2.54. The van der Waals surface area contributed by atoms with Crippen LogP contribution in [0.4, 0.5) is 0 Å². The van der Waals surface area contributed by atoms with Gasteiger partial charge in [0.15, 0.2) is 0 Å². The first kappa shape index (κ1) is 13.9. The zero-order chi connectivity index (χ0) is 14.4. The summed E-state index contributed by atoms with van der Waals surface area (Å²) in [5.74, 6) is 0. The molecule has 2 rings (SSSR count). The number of nitrogens with zero attached hydrogens (tertiary/aromatic N) is 2. The molecule has 0 spiro atoms. The van der Waals surface area contributed by atoms with Gasteiger partial charge >= 0.3 is 0 Å². The Morgan fingerprint density at radius 1 is 1.11 bits per heavy atom. The van der Waals surface area contributed by atoms with Gasteiger partial charge in [0.05, 0.1) is 11.1 Å². The van der Waals surface area contributed by atoms with E-state index in [-0.39, 0.29) is 16.5 Å². The molecule has 0 fully saturated rings. The molecule has 0 unspecified atom stereocenters. The molecule has 0 aliphatic rings. The second kappa shape index (κ2) is 4.26. The maximum absolute atomic E-state index is 12.9. The Kier molecular flexibility index (Phi) is 3.12. The van der Waals surface area contributed by atoms with Crippen LogP contribution in [-0.2, 0) is 11.0 Å². The van der Waals surface area contributed by atoms with Crippen molar-refractivity contribution in [3.05, 3.63) is 40.3 Å². The van der Waals surface area contributed by atoms with E-state index in [1.807, 2.05) is 33.6 Å². The highest BCUT2D eigenvalue weighted by molar-refractivity contribution is 5.56. The van der Waals surface area contributed by atoms with E-state index in [9.17, 15) is 4.79 Å². The van der Waals surface area contributed by atoms with E-state index in [1.54, 1.807) is 0 Å². The van der Waals surface area contributed by atoms with Crippen LogP contribution in [-0.4, -0.2) is 9.20 Å². The van der Waals surface area contributed by atoms with E-state index in [4.69, 9.17) is 0 Å². The average Bonchev–Trinajstić information content (AvgIpc) is 2.60. The van der Waals surface area contributed by atoms with Crippen LogP contribution in [0.5, 0.6) is 0 Å². The van der Waals surface area contributed by atoms with Crippen LogP contribution in [0.3, 0.4) is 0 Å². The molecule has 0 aromatic carbocycles. The summed E-state index contributed by atoms with van der Waals surface area (Å²) in [7, 11) is 0. The van der Waals surface area contributed by atoms with Gasteiger partial charge in [0, 0.05) is 11.8 Å². The predicted octanol–water partition coefficient (Wildman–Crippen LogP) is 3.54. The van der Waals surface area contributed by atoms with Crippen LogP contribution in [0.15, 0.2) is 29.2 Å². The molecule has 0 atom stereocenters. The molecule has 2 aromatic heterocycles. The summed E-state index contributed by atoms with van der Waals surface area (Å²) in [6.07, 6.45) is 2.89. The normalized spacial score (nSPS) is 13.2. The van der Waals surface area contributed by atoms with Crippen LogP contribution >= 0.6 is 0 Å². The first-order chi connectivity index (χ1) is 8.70. The lowest BCUT2D eigenvalue weighted by Gasteiger charge is -2.25. The number of rotatable bonds is 2. The van der Waals surface area contributed by atoms with Crippen molar-refractivity contribution < 1.29 is 0 Å². The Morgan fingerprint density at radius 2 is 1.74 bits per heavy atom. The molecule has 0 aliphatic heterocycles. The number of fused-ring (bicyclic) bond motifs is 1. The third-order valence-corrected chi connectivity index (χ3v) is 3.91. The number of aromatic nitrogens is 2. The molecular weight excluding hydrogens is 236 g/mol. The smallest absolute Gasteiger partial charge is 0.267 e. The maximum Gasteiger partial charge on any atom is 0.271 e. The molecule has 0 aliphatic carbocycles. The molecule has 2 aromatic rings. The quantitative estimate of drug-likeness (QED) is 0.811. The van der Waals surface area contributed by atoms with Gasteiger partial charge < -0.3 is 0 Å². The second-order valence-corrected chi connectivity index (χ2v) is 6.84. The zero-order valence-electron chi connectivity index (χ0n) is 12.8. The summed E-state index contributed by atoms with van der Waals surface area (Å²) in [6.45, 7) is 12.6. The van der Waals surface area contributed by atoms with Gasteiger partial charge in [-0.05, 0) is 37.8 Å². The first-order valence-electron chi connectivity index (χ1n) is 6.93. The third kappa shape index (κ3) is 2.11. The van der Waals surface area contributed by atoms with E-state index in [0.29, 0.717) is 0 Å². The van der Waals surface area contributed by atoms with Gasteiger partial charge in [0.1, 0.15) is 0 Å². The highest BCUT2D eigenvalue weighted by Crippen LogP contribution is 2.27. The van der Waals surface area contributed by atoms with Crippen LogP contribution < -0.4 is 5.56 Å². The van der Waals surface area contributed by atoms with Crippen molar-refractivity contribution in [2.75, 3.05) is 0 Å². The van der Waals surface area contributed by atoms with Gasteiger partial charge in [0.2, 0.25) is 0 Å². The molecule has 19 heavy (non-hydrogen) atoms. The van der Waals surface area contributed by atoms with Crippen LogP contribution in [0.25, 0.3) is 5.52 Å². The van der Waals surface area contributed by atoms with Gasteiger partial charge in [0.25, 0.3) is 5.56 Å². The standard InChI is InChI=1S/C16H24N2O/c1-7-16(5,6)18-14(19)13(15(2,3)4)12-10-8-9-11-17(12)18/h8-11H,7H2,1-6H3. The van der Waals surface area contributed by atoms with Crippen molar-refractivity contribution in [2.24, 2.45) is 0 Å². The molecule has 0 saturated heterocycles. The molecule has 3 nitrogen and oxygen atoms in total. The molecule has 0 bridgehead atoms. The Balaban J connectivity index is 2.95. The number of hydrogen-bond donors (Lipinski definition) is 0. The lowest BCUT2D eigenvalue weighted by molar-refractivity contribution is 0.286. The van der Waals surface area contributed by atoms with Gasteiger partial charge in [-0.15, -0.1) is 0 Å². The van der Waals surface area contributed by atoms with Gasteiger partial charge in [-0.2, -0.15) is 0 Å². The van der Waals surface area contributed by atoms with Gasteiger partial charge in [-0.3, -0.25) is 9.31 Å². The Bertz CT molecular complexity index is 653. The van der Waals surface area contributed by atoms with Crippen molar-refractivity contribution in [3.8, 4) is 0 Å². The van der Waals surface area contributed by atoms with E-state index in [2.05, 4.69) is 41.5 Å². The maximum atomic E-state index is 12.9. The molecule has 0 radical (unpaired) electrons. The summed E-state index contributed by atoms with van der Waals surface area (Å²) >= 11 is 0. The molecule has 2 heterocycles. The van der Waals surface area contributed by atoms with Gasteiger partial charge in [-0.1, -0.05) is 33.8 Å². The monoisotopic (exact) mass is 260 g/mol. The predicted molar refractivity (Wildman–Crippen MR) is 80.0 cm³/mol. The topological polar surface area (TPSA) is 26.4 Å². The Morgan fingerprint density at radius 3 is 2.26 bits per heavy atom. The van der Waals surface area contributed by atoms with E-state index in [0.717, 1.165) is 17.5 Å². The number of hydrogen-bond acceptors (Lipinski definition) is 1. The van der Waals surface area contributed by atoms with E-state index in [1.165, 1.54) is 0 Å². The van der Waals surface area contributed by atoms with Crippen LogP contribution in [0.2, 0.25) is 0 Å².